The highest BCUT2D eigenvalue weighted by Crippen LogP contribution is 2.27. The summed E-state index contributed by atoms with van der Waals surface area (Å²) in [5, 5.41) is 1.41. The predicted molar refractivity (Wildman–Crippen MR) is 76.7 cm³/mol. The van der Waals surface area contributed by atoms with Crippen LogP contribution in [0.2, 0.25) is 0 Å². The first-order valence-corrected chi connectivity index (χ1v) is 6.63. The van der Waals surface area contributed by atoms with E-state index in [2.05, 4.69) is 4.74 Å². The minimum Gasteiger partial charge on any atom is -0.469 e. The average Bonchev–Trinajstić information content (AvgIpc) is 2.47. The highest BCUT2D eigenvalue weighted by molar-refractivity contribution is 5.86. The van der Waals surface area contributed by atoms with Crippen molar-refractivity contribution in [1.82, 2.24) is 0 Å². The van der Waals surface area contributed by atoms with Gasteiger partial charge in [-0.15, -0.1) is 0 Å². The predicted octanol–water partition coefficient (Wildman–Crippen LogP) is 3.32. The summed E-state index contributed by atoms with van der Waals surface area (Å²) in [5.74, 6) is -0.479. The Balaban J connectivity index is 2.16. The average molecular weight is 275 g/mol. The Bertz CT molecular complexity index is 612. The number of hydrogen-bond acceptors (Lipinski definition) is 3. The van der Waals surface area contributed by atoms with Crippen LogP contribution in [0.4, 0.5) is 4.39 Å². The van der Waals surface area contributed by atoms with E-state index in [4.69, 9.17) is 5.73 Å². The molecule has 0 fully saturated rings. The van der Waals surface area contributed by atoms with Crippen LogP contribution in [-0.4, -0.2) is 13.1 Å². The van der Waals surface area contributed by atoms with Crippen molar-refractivity contribution in [3.05, 3.63) is 47.8 Å². The molecule has 1 atom stereocenters. The first kappa shape index (κ1) is 14.5. The Kier molecular flexibility index (Phi) is 4.69. The Labute approximate surface area is 117 Å². The maximum atomic E-state index is 13.7. The highest BCUT2D eigenvalue weighted by Gasteiger charge is 2.12. The molecule has 0 aliphatic rings. The molecule has 1 unspecified atom stereocenters. The number of fused-ring (bicyclic) bond motifs is 1. The van der Waals surface area contributed by atoms with Crippen LogP contribution in [0.1, 0.15) is 30.9 Å². The van der Waals surface area contributed by atoms with Crippen LogP contribution < -0.4 is 5.73 Å². The minimum atomic E-state index is -0.244. The molecule has 0 bridgehead atoms. The van der Waals surface area contributed by atoms with Crippen LogP contribution >= 0.6 is 0 Å². The van der Waals surface area contributed by atoms with Gasteiger partial charge in [0.15, 0.2) is 0 Å². The van der Waals surface area contributed by atoms with Gasteiger partial charge in [0.25, 0.3) is 0 Å². The topological polar surface area (TPSA) is 52.3 Å². The van der Waals surface area contributed by atoms with Crippen molar-refractivity contribution in [2.75, 3.05) is 7.11 Å². The summed E-state index contributed by atoms with van der Waals surface area (Å²) in [4.78, 5) is 11.1. The van der Waals surface area contributed by atoms with Crippen molar-refractivity contribution in [3.63, 3.8) is 0 Å². The van der Waals surface area contributed by atoms with Crippen molar-refractivity contribution in [3.8, 4) is 0 Å². The molecule has 2 aromatic carbocycles. The molecule has 0 heterocycles. The van der Waals surface area contributed by atoms with Gasteiger partial charge in [-0.05, 0) is 29.9 Å². The monoisotopic (exact) mass is 275 g/mol. The smallest absolute Gasteiger partial charge is 0.305 e. The van der Waals surface area contributed by atoms with Gasteiger partial charge in [0.1, 0.15) is 5.82 Å². The first-order chi connectivity index (χ1) is 9.63. The van der Waals surface area contributed by atoms with E-state index in [1.807, 2.05) is 12.1 Å². The van der Waals surface area contributed by atoms with E-state index >= 15 is 0 Å². The van der Waals surface area contributed by atoms with Crippen LogP contribution in [0.3, 0.4) is 0 Å². The SMILES string of the molecule is COC(=O)CCCC(N)c1ccc(F)c2ccccc12. The molecule has 4 heteroatoms. The molecule has 0 aromatic heterocycles. The van der Waals surface area contributed by atoms with Gasteiger partial charge in [0, 0.05) is 17.8 Å². The summed E-state index contributed by atoms with van der Waals surface area (Å²) < 4.78 is 18.3. The van der Waals surface area contributed by atoms with Gasteiger partial charge in [-0.2, -0.15) is 0 Å². The van der Waals surface area contributed by atoms with Gasteiger partial charge in [-0.25, -0.2) is 4.39 Å². The Hall–Kier alpha value is -1.94. The zero-order chi connectivity index (χ0) is 14.5. The number of benzene rings is 2. The standard InChI is InChI=1S/C16H18FNO2/c1-20-16(19)8-4-7-15(18)13-9-10-14(17)12-6-3-2-5-11(12)13/h2-3,5-6,9-10,15H,4,7-8,18H2,1H3. The molecule has 20 heavy (non-hydrogen) atoms. The second kappa shape index (κ2) is 6.48. The summed E-state index contributed by atoms with van der Waals surface area (Å²) in [6.07, 6.45) is 1.66. The molecule has 3 nitrogen and oxygen atoms in total. The molecule has 0 aliphatic heterocycles. The summed E-state index contributed by atoms with van der Waals surface area (Å²) in [5.41, 5.74) is 7.07. The number of rotatable bonds is 5. The van der Waals surface area contributed by atoms with Gasteiger partial charge in [0.05, 0.1) is 7.11 Å². The van der Waals surface area contributed by atoms with Crippen LogP contribution in [0.25, 0.3) is 10.8 Å². The molecule has 0 spiro atoms. The first-order valence-electron chi connectivity index (χ1n) is 6.63. The van der Waals surface area contributed by atoms with E-state index in [1.165, 1.54) is 13.2 Å². The van der Waals surface area contributed by atoms with Gasteiger partial charge in [0.2, 0.25) is 0 Å². The third kappa shape index (κ3) is 3.14. The van der Waals surface area contributed by atoms with Crippen molar-refractivity contribution in [2.45, 2.75) is 25.3 Å². The minimum absolute atomic E-state index is 0.217. The number of carbonyl (C=O) groups excluding carboxylic acids is 1. The molecule has 0 saturated carbocycles. The zero-order valence-electron chi connectivity index (χ0n) is 11.4. The molecule has 2 N–H and O–H groups in total. The third-order valence-corrected chi connectivity index (χ3v) is 3.43. The quantitative estimate of drug-likeness (QED) is 0.852. The summed E-state index contributed by atoms with van der Waals surface area (Å²) >= 11 is 0. The number of hydrogen-bond donors (Lipinski definition) is 1. The van der Waals surface area contributed by atoms with E-state index < -0.39 is 0 Å². The second-order valence-electron chi connectivity index (χ2n) is 4.76. The number of carbonyl (C=O) groups is 1. The van der Waals surface area contributed by atoms with Crippen molar-refractivity contribution in [2.24, 2.45) is 5.73 Å². The molecule has 2 rings (SSSR count). The summed E-state index contributed by atoms with van der Waals surface area (Å²) in [7, 11) is 1.37. The number of ether oxygens (including phenoxy) is 1. The number of esters is 1. The fourth-order valence-electron chi connectivity index (χ4n) is 2.33. The van der Waals surface area contributed by atoms with Crippen LogP contribution in [0.5, 0.6) is 0 Å². The van der Waals surface area contributed by atoms with E-state index in [-0.39, 0.29) is 17.8 Å². The van der Waals surface area contributed by atoms with Crippen LogP contribution in [-0.2, 0) is 9.53 Å². The van der Waals surface area contributed by atoms with Crippen molar-refractivity contribution in [1.29, 1.82) is 0 Å². The largest absolute Gasteiger partial charge is 0.469 e. The molecule has 0 radical (unpaired) electrons. The Morgan fingerprint density at radius 2 is 1.95 bits per heavy atom. The lowest BCUT2D eigenvalue weighted by molar-refractivity contribution is -0.140. The molecule has 0 aliphatic carbocycles. The molecule has 0 saturated heterocycles. The molecular weight excluding hydrogens is 257 g/mol. The van der Waals surface area contributed by atoms with Gasteiger partial charge in [-0.3, -0.25) is 4.79 Å². The van der Waals surface area contributed by atoms with E-state index in [0.717, 1.165) is 10.9 Å². The summed E-state index contributed by atoms with van der Waals surface area (Å²) in [6.45, 7) is 0. The van der Waals surface area contributed by atoms with E-state index in [1.54, 1.807) is 18.2 Å². The Morgan fingerprint density at radius 1 is 1.25 bits per heavy atom. The fourth-order valence-corrected chi connectivity index (χ4v) is 2.33. The maximum Gasteiger partial charge on any atom is 0.305 e. The number of methoxy groups -OCH3 is 1. The lowest BCUT2D eigenvalue weighted by Crippen LogP contribution is -2.12. The highest BCUT2D eigenvalue weighted by atomic mass is 19.1. The Morgan fingerprint density at radius 3 is 2.65 bits per heavy atom. The zero-order valence-corrected chi connectivity index (χ0v) is 11.4. The fraction of sp³-hybridized carbons (Fsp3) is 0.312. The molecule has 0 amide bonds. The lowest BCUT2D eigenvalue weighted by Gasteiger charge is -2.15. The number of nitrogens with two attached hydrogens (primary N) is 1. The second-order valence-corrected chi connectivity index (χ2v) is 4.76. The van der Waals surface area contributed by atoms with Crippen molar-refractivity contribution >= 4 is 16.7 Å². The molecular formula is C16H18FNO2. The van der Waals surface area contributed by atoms with Crippen molar-refractivity contribution < 1.29 is 13.9 Å². The van der Waals surface area contributed by atoms with Crippen LogP contribution in [0.15, 0.2) is 36.4 Å². The lowest BCUT2D eigenvalue weighted by atomic mass is 9.95. The number of halogens is 1. The molecule has 2 aromatic rings. The molecule has 106 valence electrons. The van der Waals surface area contributed by atoms with E-state index in [0.29, 0.717) is 24.6 Å². The van der Waals surface area contributed by atoms with E-state index in [9.17, 15) is 9.18 Å². The van der Waals surface area contributed by atoms with Crippen LogP contribution in [0, 0.1) is 5.82 Å². The van der Waals surface area contributed by atoms with Gasteiger partial charge >= 0.3 is 5.97 Å². The normalized spacial score (nSPS) is 12.3. The van der Waals surface area contributed by atoms with Gasteiger partial charge < -0.3 is 10.5 Å². The summed E-state index contributed by atoms with van der Waals surface area (Å²) in [6, 6.07) is 10.2. The maximum absolute atomic E-state index is 13.7. The van der Waals surface area contributed by atoms with Gasteiger partial charge in [-0.1, -0.05) is 30.3 Å². The third-order valence-electron chi connectivity index (χ3n) is 3.43.